The maximum Gasteiger partial charge on any atom is 0.270 e. The number of nitro benzene ring substituents is 1. The van der Waals surface area contributed by atoms with Crippen LogP contribution in [0.15, 0.2) is 18.2 Å². The van der Waals surface area contributed by atoms with Crippen molar-refractivity contribution in [2.45, 2.75) is 6.43 Å². The molecule has 0 spiro atoms. The molecule has 0 aliphatic carbocycles. The zero-order valence-electron chi connectivity index (χ0n) is 11.0. The summed E-state index contributed by atoms with van der Waals surface area (Å²) >= 11 is 0. The maximum absolute atomic E-state index is 12.8. The fraction of sp³-hybridized carbons (Fsp3) is 0.500. The van der Waals surface area contributed by atoms with Crippen LogP contribution in [0.1, 0.15) is 12.0 Å². The molecular weight excluding hydrogens is 274 g/mol. The molecule has 0 unspecified atom stereocenters. The molecule has 6 nitrogen and oxygen atoms in total. The zero-order chi connectivity index (χ0) is 15.0. The Morgan fingerprint density at radius 3 is 2.70 bits per heavy atom. The van der Waals surface area contributed by atoms with Crippen LogP contribution in [0.2, 0.25) is 0 Å². The molecule has 0 fully saturated rings. The first-order chi connectivity index (χ1) is 9.56. The van der Waals surface area contributed by atoms with Crippen molar-refractivity contribution in [3.8, 4) is 0 Å². The van der Waals surface area contributed by atoms with Gasteiger partial charge in [0.1, 0.15) is 0 Å². The van der Waals surface area contributed by atoms with E-state index in [0.29, 0.717) is 26.4 Å². The van der Waals surface area contributed by atoms with Crippen LogP contribution in [-0.4, -0.2) is 38.4 Å². The molecule has 0 amide bonds. The SMILES string of the molecule is COCCOCCNc1ccc([N+](=O)[O-])cc1C(F)F. The standard InChI is InChI=1S/C12H16F2N2O4/c1-19-6-7-20-5-4-15-11-3-2-9(16(17)18)8-10(11)12(13)14/h2-3,8,12,15H,4-7H2,1H3. The van der Waals surface area contributed by atoms with Crippen LogP contribution in [0, 0.1) is 10.1 Å². The van der Waals surface area contributed by atoms with Crippen molar-refractivity contribution in [2.24, 2.45) is 0 Å². The molecule has 1 rings (SSSR count). The molecule has 0 radical (unpaired) electrons. The number of alkyl halides is 2. The molecule has 0 aromatic heterocycles. The van der Waals surface area contributed by atoms with Crippen molar-refractivity contribution < 1.29 is 23.2 Å². The molecule has 0 saturated carbocycles. The fourth-order valence-corrected chi connectivity index (χ4v) is 1.51. The molecule has 20 heavy (non-hydrogen) atoms. The van der Waals surface area contributed by atoms with Gasteiger partial charge < -0.3 is 14.8 Å². The summed E-state index contributed by atoms with van der Waals surface area (Å²) in [7, 11) is 1.55. The highest BCUT2D eigenvalue weighted by Gasteiger charge is 2.17. The van der Waals surface area contributed by atoms with E-state index in [1.54, 1.807) is 7.11 Å². The Hall–Kier alpha value is -1.80. The van der Waals surface area contributed by atoms with Gasteiger partial charge in [0, 0.05) is 37.0 Å². The van der Waals surface area contributed by atoms with Crippen LogP contribution in [0.5, 0.6) is 0 Å². The normalized spacial score (nSPS) is 10.8. The second kappa shape index (κ2) is 8.39. The van der Waals surface area contributed by atoms with Gasteiger partial charge in [-0.05, 0) is 6.07 Å². The van der Waals surface area contributed by atoms with Crippen molar-refractivity contribution in [3.63, 3.8) is 0 Å². The third kappa shape index (κ3) is 5.06. The van der Waals surface area contributed by atoms with Gasteiger partial charge in [0.15, 0.2) is 0 Å². The Balaban J connectivity index is 2.58. The Morgan fingerprint density at radius 1 is 1.35 bits per heavy atom. The third-order valence-corrected chi connectivity index (χ3v) is 2.47. The Bertz CT molecular complexity index is 443. The summed E-state index contributed by atoms with van der Waals surface area (Å²) in [6, 6.07) is 3.33. The lowest BCUT2D eigenvalue weighted by molar-refractivity contribution is -0.385. The van der Waals surface area contributed by atoms with Gasteiger partial charge in [0.05, 0.1) is 24.7 Å². The summed E-state index contributed by atoms with van der Waals surface area (Å²) in [6.07, 6.45) is -2.79. The van der Waals surface area contributed by atoms with E-state index in [-0.39, 0.29) is 11.4 Å². The highest BCUT2D eigenvalue weighted by atomic mass is 19.3. The zero-order valence-corrected chi connectivity index (χ0v) is 11.0. The van der Waals surface area contributed by atoms with Crippen molar-refractivity contribution in [1.29, 1.82) is 0 Å². The number of nitro groups is 1. The minimum atomic E-state index is -2.79. The first kappa shape index (κ1) is 16.3. The van der Waals surface area contributed by atoms with Crippen molar-refractivity contribution in [1.82, 2.24) is 0 Å². The number of halogens is 2. The van der Waals surface area contributed by atoms with E-state index in [9.17, 15) is 18.9 Å². The molecule has 0 bridgehead atoms. The highest BCUT2D eigenvalue weighted by molar-refractivity contribution is 5.56. The monoisotopic (exact) mass is 290 g/mol. The van der Waals surface area contributed by atoms with Gasteiger partial charge in [-0.2, -0.15) is 0 Å². The van der Waals surface area contributed by atoms with Crippen molar-refractivity contribution in [2.75, 3.05) is 38.8 Å². The first-order valence-electron chi connectivity index (χ1n) is 5.93. The number of rotatable bonds is 9. The molecule has 1 aromatic rings. The molecule has 1 aromatic carbocycles. The van der Waals surface area contributed by atoms with Crippen LogP contribution in [0.25, 0.3) is 0 Å². The Morgan fingerprint density at radius 2 is 2.10 bits per heavy atom. The predicted molar refractivity (Wildman–Crippen MR) is 69.2 cm³/mol. The third-order valence-electron chi connectivity index (χ3n) is 2.47. The number of hydrogen-bond acceptors (Lipinski definition) is 5. The van der Waals surface area contributed by atoms with Crippen molar-refractivity contribution >= 4 is 11.4 Å². The van der Waals surface area contributed by atoms with Crippen LogP contribution in [-0.2, 0) is 9.47 Å². The van der Waals surface area contributed by atoms with E-state index in [2.05, 4.69) is 5.32 Å². The molecule has 0 aliphatic heterocycles. The van der Waals surface area contributed by atoms with Gasteiger partial charge in [-0.3, -0.25) is 10.1 Å². The number of benzene rings is 1. The van der Waals surface area contributed by atoms with E-state index >= 15 is 0 Å². The maximum atomic E-state index is 12.8. The minimum Gasteiger partial charge on any atom is -0.382 e. The number of nitrogens with zero attached hydrogens (tertiary/aromatic N) is 1. The van der Waals surface area contributed by atoms with E-state index in [1.165, 1.54) is 12.1 Å². The molecule has 0 aliphatic rings. The Kier molecular flexibility index (Phi) is 6.82. The van der Waals surface area contributed by atoms with Crippen LogP contribution >= 0.6 is 0 Å². The number of nitrogens with one attached hydrogen (secondary N) is 1. The minimum absolute atomic E-state index is 0.168. The lowest BCUT2D eigenvalue weighted by Gasteiger charge is -2.11. The average molecular weight is 290 g/mol. The topological polar surface area (TPSA) is 73.6 Å². The van der Waals surface area contributed by atoms with Gasteiger partial charge >= 0.3 is 0 Å². The quantitative estimate of drug-likeness (QED) is 0.430. The number of anilines is 1. The van der Waals surface area contributed by atoms with E-state index < -0.39 is 16.9 Å². The van der Waals surface area contributed by atoms with Gasteiger partial charge in [-0.25, -0.2) is 8.78 Å². The number of non-ortho nitro benzene ring substituents is 1. The van der Waals surface area contributed by atoms with E-state index in [1.807, 2.05) is 0 Å². The van der Waals surface area contributed by atoms with E-state index in [0.717, 1.165) is 6.07 Å². The number of hydrogen-bond donors (Lipinski definition) is 1. The lowest BCUT2D eigenvalue weighted by Crippen LogP contribution is -2.13. The summed E-state index contributed by atoms with van der Waals surface area (Å²) in [5.41, 5.74) is -0.584. The Labute approximate surface area is 114 Å². The largest absolute Gasteiger partial charge is 0.382 e. The van der Waals surface area contributed by atoms with Gasteiger partial charge in [-0.1, -0.05) is 0 Å². The van der Waals surface area contributed by atoms with Crippen LogP contribution in [0.3, 0.4) is 0 Å². The average Bonchev–Trinajstić information content (AvgIpc) is 2.42. The molecule has 1 N–H and O–H groups in total. The van der Waals surface area contributed by atoms with Crippen molar-refractivity contribution in [3.05, 3.63) is 33.9 Å². The van der Waals surface area contributed by atoms with Crippen LogP contribution in [0.4, 0.5) is 20.2 Å². The highest BCUT2D eigenvalue weighted by Crippen LogP contribution is 2.30. The smallest absolute Gasteiger partial charge is 0.270 e. The lowest BCUT2D eigenvalue weighted by atomic mass is 10.1. The first-order valence-corrected chi connectivity index (χ1v) is 5.93. The van der Waals surface area contributed by atoms with Gasteiger partial charge in [-0.15, -0.1) is 0 Å². The molecule has 0 saturated heterocycles. The molecule has 0 atom stereocenters. The second-order valence-corrected chi connectivity index (χ2v) is 3.86. The second-order valence-electron chi connectivity index (χ2n) is 3.86. The molecular formula is C12H16F2N2O4. The van der Waals surface area contributed by atoms with Crippen LogP contribution < -0.4 is 5.32 Å². The number of ether oxygens (including phenoxy) is 2. The summed E-state index contributed by atoms with van der Waals surface area (Å²) in [4.78, 5) is 9.85. The predicted octanol–water partition coefficient (Wildman–Crippen LogP) is 2.61. The summed E-state index contributed by atoms with van der Waals surface area (Å²) < 4.78 is 35.6. The molecule has 112 valence electrons. The molecule has 0 heterocycles. The summed E-state index contributed by atoms with van der Waals surface area (Å²) in [6.45, 7) is 1.52. The number of methoxy groups -OCH3 is 1. The van der Waals surface area contributed by atoms with E-state index in [4.69, 9.17) is 9.47 Å². The van der Waals surface area contributed by atoms with Gasteiger partial charge in [0.25, 0.3) is 12.1 Å². The summed E-state index contributed by atoms with van der Waals surface area (Å²) in [5.74, 6) is 0. The summed E-state index contributed by atoms with van der Waals surface area (Å²) in [5, 5.41) is 13.3. The molecule has 8 heteroatoms. The van der Waals surface area contributed by atoms with Gasteiger partial charge in [0.2, 0.25) is 0 Å². The fourth-order valence-electron chi connectivity index (χ4n) is 1.51.